The number of esters is 1. The molecular weight excluding hydrogens is 366 g/mol. The summed E-state index contributed by atoms with van der Waals surface area (Å²) in [5, 5.41) is 0. The number of fused-ring (bicyclic) bond motifs is 1. The highest BCUT2D eigenvalue weighted by molar-refractivity contribution is 5.78. The predicted octanol–water partition coefficient (Wildman–Crippen LogP) is 4.15. The first kappa shape index (κ1) is 21.3. The van der Waals surface area contributed by atoms with E-state index in [1.54, 1.807) is 0 Å². The van der Waals surface area contributed by atoms with Crippen molar-refractivity contribution in [3.63, 3.8) is 0 Å². The Hall–Kier alpha value is -2.37. The number of carbonyl (C=O) groups is 1. The molecule has 5 heteroatoms. The van der Waals surface area contributed by atoms with Crippen LogP contribution in [0, 0.1) is 0 Å². The van der Waals surface area contributed by atoms with E-state index in [2.05, 4.69) is 11.0 Å². The van der Waals surface area contributed by atoms with Gasteiger partial charge in [-0.15, -0.1) is 0 Å². The summed E-state index contributed by atoms with van der Waals surface area (Å²) in [5.41, 5.74) is 3.06. The first-order valence-corrected chi connectivity index (χ1v) is 10.1. The Balaban J connectivity index is 1.72. The Bertz CT molecular complexity index is 813. The Morgan fingerprint density at radius 3 is 2.59 bits per heavy atom. The zero-order chi connectivity index (χ0) is 20.9. The normalized spacial score (nSPS) is 16.9. The molecule has 3 rings (SSSR count). The maximum absolute atomic E-state index is 12.6. The van der Waals surface area contributed by atoms with E-state index in [1.165, 1.54) is 7.11 Å². The number of carbonyl (C=O) groups excluding carboxylic acids is 1. The number of benzene rings is 2. The molecule has 0 spiro atoms. The molecule has 5 nitrogen and oxygen atoms in total. The highest BCUT2D eigenvalue weighted by Crippen LogP contribution is 2.33. The third-order valence-electron chi connectivity index (χ3n) is 5.03. The summed E-state index contributed by atoms with van der Waals surface area (Å²) in [5.74, 6) is 0.584. The van der Waals surface area contributed by atoms with E-state index >= 15 is 0 Å². The van der Waals surface area contributed by atoms with Crippen molar-refractivity contribution in [1.29, 1.82) is 0 Å². The predicted molar refractivity (Wildman–Crippen MR) is 113 cm³/mol. The summed E-state index contributed by atoms with van der Waals surface area (Å²) in [4.78, 5) is 14.7. The molecule has 2 aromatic carbocycles. The summed E-state index contributed by atoms with van der Waals surface area (Å²) in [6.45, 7) is 8.67. The minimum absolute atomic E-state index is 0.195. The van der Waals surface area contributed by atoms with Gasteiger partial charge in [0.2, 0.25) is 0 Å². The molecule has 0 aliphatic carbocycles. The minimum atomic E-state index is -0.407. The largest absolute Gasteiger partial charge is 0.489 e. The molecule has 0 fully saturated rings. The van der Waals surface area contributed by atoms with Crippen molar-refractivity contribution in [2.45, 2.75) is 45.4 Å². The Morgan fingerprint density at radius 1 is 1.14 bits per heavy atom. The third kappa shape index (κ3) is 5.81. The zero-order valence-electron chi connectivity index (χ0n) is 17.8. The average molecular weight is 398 g/mol. The van der Waals surface area contributed by atoms with Crippen LogP contribution in [0.5, 0.6) is 5.75 Å². The molecule has 29 heavy (non-hydrogen) atoms. The summed E-state index contributed by atoms with van der Waals surface area (Å²) >= 11 is 0. The van der Waals surface area contributed by atoms with Gasteiger partial charge in [0, 0.05) is 13.1 Å². The quantitative estimate of drug-likeness (QED) is 0.657. The third-order valence-corrected chi connectivity index (χ3v) is 5.03. The summed E-state index contributed by atoms with van der Waals surface area (Å²) in [7, 11) is 1.44. The van der Waals surface area contributed by atoms with Gasteiger partial charge in [0.15, 0.2) is 0 Å². The maximum Gasteiger partial charge on any atom is 0.327 e. The van der Waals surface area contributed by atoms with E-state index in [0.29, 0.717) is 19.8 Å². The van der Waals surface area contributed by atoms with Gasteiger partial charge < -0.3 is 14.2 Å². The van der Waals surface area contributed by atoms with Gasteiger partial charge in [-0.1, -0.05) is 36.4 Å². The second-order valence-corrected chi connectivity index (χ2v) is 8.31. The molecular formula is C24H31NO4. The first-order chi connectivity index (χ1) is 13.9. The second-order valence-electron chi connectivity index (χ2n) is 8.31. The van der Waals surface area contributed by atoms with E-state index in [1.807, 2.05) is 63.2 Å². The van der Waals surface area contributed by atoms with Crippen LogP contribution in [0.15, 0.2) is 48.5 Å². The van der Waals surface area contributed by atoms with Crippen molar-refractivity contribution >= 4 is 5.97 Å². The smallest absolute Gasteiger partial charge is 0.327 e. The summed E-state index contributed by atoms with van der Waals surface area (Å²) < 4.78 is 16.9. The zero-order valence-corrected chi connectivity index (χ0v) is 17.8. The minimum Gasteiger partial charge on any atom is -0.489 e. The molecule has 156 valence electrons. The molecule has 0 N–H and O–H groups in total. The molecule has 2 aromatic rings. The second kappa shape index (κ2) is 9.42. The van der Waals surface area contributed by atoms with Gasteiger partial charge in [-0.05, 0) is 56.0 Å². The molecule has 0 bridgehead atoms. The lowest BCUT2D eigenvalue weighted by molar-refractivity contribution is -0.148. The van der Waals surface area contributed by atoms with Crippen LogP contribution in [0.1, 0.15) is 43.5 Å². The molecule has 1 unspecified atom stereocenters. The van der Waals surface area contributed by atoms with Crippen LogP contribution < -0.4 is 4.74 Å². The summed E-state index contributed by atoms with van der Waals surface area (Å²) in [6, 6.07) is 15.7. The number of ether oxygens (including phenoxy) is 3. The monoisotopic (exact) mass is 397 g/mol. The van der Waals surface area contributed by atoms with E-state index in [0.717, 1.165) is 35.4 Å². The van der Waals surface area contributed by atoms with Gasteiger partial charge in [-0.25, -0.2) is 4.79 Å². The van der Waals surface area contributed by atoms with Crippen molar-refractivity contribution in [1.82, 2.24) is 4.90 Å². The molecule has 1 atom stereocenters. The first-order valence-electron chi connectivity index (χ1n) is 10.1. The highest BCUT2D eigenvalue weighted by Gasteiger charge is 2.34. The van der Waals surface area contributed by atoms with E-state index in [9.17, 15) is 4.79 Å². The van der Waals surface area contributed by atoms with Crippen molar-refractivity contribution in [3.8, 4) is 5.75 Å². The fourth-order valence-corrected chi connectivity index (χ4v) is 3.58. The lowest BCUT2D eigenvalue weighted by atomic mass is 9.92. The topological polar surface area (TPSA) is 48.0 Å². The van der Waals surface area contributed by atoms with E-state index in [-0.39, 0.29) is 11.6 Å². The fourth-order valence-electron chi connectivity index (χ4n) is 3.58. The standard InChI is InChI=1S/C24H31NO4/c1-24(2,3)29-15-14-25-13-12-19-16-20(28-17-18-8-6-5-7-9-18)10-11-21(19)22(25)23(26)27-4/h5-11,16,22H,12-15,17H2,1-4H3. The molecule has 1 aliphatic heterocycles. The van der Waals surface area contributed by atoms with E-state index < -0.39 is 6.04 Å². The van der Waals surface area contributed by atoms with Crippen molar-refractivity contribution < 1.29 is 19.0 Å². The number of rotatable bonds is 7. The molecule has 0 saturated heterocycles. The molecule has 1 heterocycles. The maximum atomic E-state index is 12.6. The number of methoxy groups -OCH3 is 1. The van der Waals surface area contributed by atoms with Crippen LogP contribution in [0.4, 0.5) is 0 Å². The Kier molecular flexibility index (Phi) is 6.93. The Labute approximate surface area is 173 Å². The van der Waals surface area contributed by atoms with Gasteiger partial charge >= 0.3 is 5.97 Å². The van der Waals surface area contributed by atoms with Crippen LogP contribution in [0.3, 0.4) is 0 Å². The van der Waals surface area contributed by atoms with Gasteiger partial charge in [-0.3, -0.25) is 4.90 Å². The lowest BCUT2D eigenvalue weighted by Gasteiger charge is -2.36. The fraction of sp³-hybridized carbons (Fsp3) is 0.458. The Morgan fingerprint density at radius 2 is 1.90 bits per heavy atom. The van der Waals surface area contributed by atoms with Gasteiger partial charge in [0.05, 0.1) is 19.3 Å². The number of hydrogen-bond acceptors (Lipinski definition) is 5. The van der Waals surface area contributed by atoms with Crippen LogP contribution in [-0.2, 0) is 27.3 Å². The molecule has 1 aliphatic rings. The number of nitrogens with zero attached hydrogens (tertiary/aromatic N) is 1. The molecule has 0 aromatic heterocycles. The van der Waals surface area contributed by atoms with Gasteiger partial charge in [-0.2, -0.15) is 0 Å². The van der Waals surface area contributed by atoms with Crippen LogP contribution in [0.25, 0.3) is 0 Å². The van der Waals surface area contributed by atoms with E-state index in [4.69, 9.17) is 14.2 Å². The highest BCUT2D eigenvalue weighted by atomic mass is 16.5. The van der Waals surface area contributed by atoms with Gasteiger partial charge in [0.25, 0.3) is 0 Å². The SMILES string of the molecule is COC(=O)C1c2ccc(OCc3ccccc3)cc2CCN1CCOC(C)(C)C. The van der Waals surface area contributed by atoms with Crippen LogP contribution in [-0.4, -0.2) is 43.3 Å². The van der Waals surface area contributed by atoms with Crippen LogP contribution in [0.2, 0.25) is 0 Å². The molecule has 0 radical (unpaired) electrons. The van der Waals surface area contributed by atoms with Crippen molar-refractivity contribution in [2.75, 3.05) is 26.8 Å². The molecule has 0 amide bonds. The lowest BCUT2D eigenvalue weighted by Crippen LogP contribution is -2.42. The molecule has 0 saturated carbocycles. The van der Waals surface area contributed by atoms with Crippen LogP contribution >= 0.6 is 0 Å². The average Bonchev–Trinajstić information content (AvgIpc) is 2.71. The number of hydrogen-bond donors (Lipinski definition) is 0. The van der Waals surface area contributed by atoms with Crippen molar-refractivity contribution in [2.24, 2.45) is 0 Å². The summed E-state index contributed by atoms with van der Waals surface area (Å²) in [6.07, 6.45) is 0.862. The van der Waals surface area contributed by atoms with Crippen molar-refractivity contribution in [3.05, 3.63) is 65.2 Å². The van der Waals surface area contributed by atoms with Gasteiger partial charge in [0.1, 0.15) is 18.4 Å².